The molecule has 0 saturated heterocycles. The zero-order chi connectivity index (χ0) is 15.1. The van der Waals surface area contributed by atoms with E-state index in [9.17, 15) is 19.7 Å². The van der Waals surface area contributed by atoms with Crippen LogP contribution in [0.1, 0.15) is 10.4 Å². The number of nitrogens with one attached hydrogen (secondary N) is 1. The number of hydrogen-bond acceptors (Lipinski definition) is 6. The summed E-state index contributed by atoms with van der Waals surface area (Å²) < 4.78 is 0. The molecule has 0 bridgehead atoms. The topological polar surface area (TPSA) is 133 Å². The molecule has 0 saturated carbocycles. The normalized spacial score (nSPS) is 9.55. The molecule has 2 N–H and O–H groups in total. The van der Waals surface area contributed by atoms with E-state index in [4.69, 9.17) is 10.4 Å². The van der Waals surface area contributed by atoms with Crippen molar-refractivity contribution in [2.75, 3.05) is 16.8 Å². The summed E-state index contributed by atoms with van der Waals surface area (Å²) in [5.41, 5.74) is -0.710. The number of rotatable bonds is 6. The molecule has 0 heterocycles. The lowest BCUT2D eigenvalue weighted by atomic mass is 10.1. The maximum atomic E-state index is 11.5. The second-order valence-electron chi connectivity index (χ2n) is 3.49. The fourth-order valence-electron chi connectivity index (χ4n) is 1.31. The van der Waals surface area contributed by atoms with Gasteiger partial charge in [0.15, 0.2) is 0 Å². The second-order valence-corrected chi connectivity index (χ2v) is 4.48. The number of nitriles is 1. The monoisotopic (exact) mass is 295 g/mol. The molecule has 20 heavy (non-hydrogen) atoms. The van der Waals surface area contributed by atoms with Gasteiger partial charge in [0.1, 0.15) is 0 Å². The number of non-ortho nitro benzene ring substituents is 1. The molecule has 0 spiro atoms. The molecule has 1 amide bonds. The SMILES string of the molecule is N#CCSCC(=O)Nc1cc([N+](=O)[O-])ccc1C(=O)O. The number of carboxylic acid groups (broad SMARTS) is 1. The Kier molecular flexibility index (Phi) is 5.49. The fraction of sp³-hybridized carbons (Fsp3) is 0.182. The van der Waals surface area contributed by atoms with Crippen LogP contribution in [0.25, 0.3) is 0 Å². The number of carbonyl (C=O) groups excluding carboxylic acids is 1. The first-order valence-corrected chi connectivity index (χ1v) is 6.37. The van der Waals surface area contributed by atoms with Crippen LogP contribution < -0.4 is 5.32 Å². The van der Waals surface area contributed by atoms with Gasteiger partial charge in [-0.15, -0.1) is 11.8 Å². The Morgan fingerprint density at radius 1 is 1.50 bits per heavy atom. The Morgan fingerprint density at radius 3 is 2.75 bits per heavy atom. The Hall–Kier alpha value is -2.60. The van der Waals surface area contributed by atoms with Crippen LogP contribution in [0, 0.1) is 21.4 Å². The molecule has 8 nitrogen and oxygen atoms in total. The van der Waals surface area contributed by atoms with Crippen molar-refractivity contribution >= 4 is 35.0 Å². The first kappa shape index (κ1) is 15.5. The molecular formula is C11H9N3O5S. The van der Waals surface area contributed by atoms with E-state index >= 15 is 0 Å². The van der Waals surface area contributed by atoms with E-state index in [0.29, 0.717) is 0 Å². The van der Waals surface area contributed by atoms with Gasteiger partial charge in [-0.1, -0.05) is 0 Å². The van der Waals surface area contributed by atoms with Gasteiger partial charge >= 0.3 is 5.97 Å². The number of carboxylic acids is 1. The Morgan fingerprint density at radius 2 is 2.20 bits per heavy atom. The standard InChI is InChI=1S/C11H9N3O5S/c12-3-4-20-6-10(15)13-9-5-7(14(18)19)1-2-8(9)11(16)17/h1-2,5H,4,6H2,(H,13,15)(H,16,17). The van der Waals surface area contributed by atoms with Crippen molar-refractivity contribution in [1.29, 1.82) is 5.26 Å². The van der Waals surface area contributed by atoms with Gasteiger partial charge in [0.05, 0.1) is 33.7 Å². The van der Waals surface area contributed by atoms with Crippen molar-refractivity contribution in [3.05, 3.63) is 33.9 Å². The van der Waals surface area contributed by atoms with Crippen molar-refractivity contribution in [2.24, 2.45) is 0 Å². The summed E-state index contributed by atoms with van der Waals surface area (Å²) in [5, 5.41) is 30.2. The number of aromatic carboxylic acids is 1. The lowest BCUT2D eigenvalue weighted by Gasteiger charge is -2.07. The number of anilines is 1. The number of nitrogens with zero attached hydrogens (tertiary/aromatic N) is 2. The van der Waals surface area contributed by atoms with Crippen LogP contribution in [0.5, 0.6) is 0 Å². The van der Waals surface area contributed by atoms with Crippen LogP contribution in [0.3, 0.4) is 0 Å². The van der Waals surface area contributed by atoms with E-state index in [1.807, 2.05) is 6.07 Å². The first-order valence-electron chi connectivity index (χ1n) is 5.22. The number of nitro groups is 1. The summed E-state index contributed by atoms with van der Waals surface area (Å²) in [6.07, 6.45) is 0. The predicted molar refractivity (Wildman–Crippen MR) is 71.6 cm³/mol. The zero-order valence-electron chi connectivity index (χ0n) is 10.0. The minimum atomic E-state index is -1.31. The van der Waals surface area contributed by atoms with E-state index in [0.717, 1.165) is 30.0 Å². The smallest absolute Gasteiger partial charge is 0.337 e. The van der Waals surface area contributed by atoms with Crippen LogP contribution in [0.4, 0.5) is 11.4 Å². The maximum absolute atomic E-state index is 11.5. The molecule has 0 unspecified atom stereocenters. The number of benzene rings is 1. The number of carbonyl (C=O) groups is 2. The molecule has 104 valence electrons. The third kappa shape index (κ3) is 4.25. The molecule has 1 aromatic carbocycles. The quantitative estimate of drug-likeness (QED) is 0.461. The fourth-order valence-corrected chi connectivity index (χ4v) is 1.76. The molecule has 0 atom stereocenters. The summed E-state index contributed by atoms with van der Waals surface area (Å²) >= 11 is 1.05. The number of amides is 1. The lowest BCUT2D eigenvalue weighted by Crippen LogP contribution is -2.17. The number of nitro benzene ring substituents is 1. The maximum Gasteiger partial charge on any atom is 0.337 e. The van der Waals surface area contributed by atoms with Crippen LogP contribution in [-0.2, 0) is 4.79 Å². The summed E-state index contributed by atoms with van der Waals surface area (Å²) in [7, 11) is 0. The molecule has 0 fully saturated rings. The van der Waals surface area contributed by atoms with Gasteiger partial charge in [-0.05, 0) is 6.07 Å². The second kappa shape index (κ2) is 7.10. The largest absolute Gasteiger partial charge is 0.478 e. The Balaban J connectivity index is 2.93. The van der Waals surface area contributed by atoms with Crippen LogP contribution in [0.2, 0.25) is 0 Å². The average molecular weight is 295 g/mol. The molecule has 0 aliphatic heterocycles. The van der Waals surface area contributed by atoms with Crippen molar-refractivity contribution in [3.63, 3.8) is 0 Å². The number of thioether (sulfide) groups is 1. The molecular weight excluding hydrogens is 286 g/mol. The number of hydrogen-bond donors (Lipinski definition) is 2. The Bertz CT molecular complexity index is 596. The van der Waals surface area contributed by atoms with Crippen LogP contribution in [-0.4, -0.2) is 33.4 Å². The summed E-state index contributed by atoms with van der Waals surface area (Å²) in [4.78, 5) is 32.5. The Labute approximate surface area is 117 Å². The van der Waals surface area contributed by atoms with E-state index < -0.39 is 16.8 Å². The van der Waals surface area contributed by atoms with Crippen LogP contribution >= 0.6 is 11.8 Å². The molecule has 0 aromatic heterocycles. The summed E-state index contributed by atoms with van der Waals surface area (Å²) in [5.74, 6) is -1.77. The highest BCUT2D eigenvalue weighted by molar-refractivity contribution is 8.00. The highest BCUT2D eigenvalue weighted by atomic mass is 32.2. The van der Waals surface area contributed by atoms with E-state index in [1.54, 1.807) is 0 Å². The minimum Gasteiger partial charge on any atom is -0.478 e. The molecule has 1 aromatic rings. The van der Waals surface area contributed by atoms with Gasteiger partial charge in [0.25, 0.3) is 5.69 Å². The summed E-state index contributed by atoms with van der Waals surface area (Å²) in [6, 6.07) is 4.92. The van der Waals surface area contributed by atoms with Gasteiger partial charge in [-0.25, -0.2) is 4.79 Å². The lowest BCUT2D eigenvalue weighted by molar-refractivity contribution is -0.384. The molecule has 0 aliphatic rings. The van der Waals surface area contributed by atoms with E-state index in [-0.39, 0.29) is 28.4 Å². The van der Waals surface area contributed by atoms with Crippen molar-refractivity contribution in [1.82, 2.24) is 0 Å². The van der Waals surface area contributed by atoms with Gasteiger partial charge in [0, 0.05) is 12.1 Å². The average Bonchev–Trinajstić information content (AvgIpc) is 2.38. The first-order chi connectivity index (χ1) is 9.45. The highest BCUT2D eigenvalue weighted by Gasteiger charge is 2.17. The molecule has 0 aliphatic carbocycles. The van der Waals surface area contributed by atoms with E-state index in [1.165, 1.54) is 0 Å². The molecule has 1 rings (SSSR count). The van der Waals surface area contributed by atoms with Gasteiger partial charge in [-0.3, -0.25) is 14.9 Å². The minimum absolute atomic E-state index is 0.0463. The van der Waals surface area contributed by atoms with Gasteiger partial charge < -0.3 is 10.4 Å². The summed E-state index contributed by atoms with van der Waals surface area (Å²) in [6.45, 7) is 0. The van der Waals surface area contributed by atoms with Crippen molar-refractivity contribution < 1.29 is 19.6 Å². The van der Waals surface area contributed by atoms with Gasteiger partial charge in [-0.2, -0.15) is 5.26 Å². The predicted octanol–water partition coefficient (Wildman–Crippen LogP) is 1.49. The van der Waals surface area contributed by atoms with Crippen LogP contribution in [0.15, 0.2) is 18.2 Å². The van der Waals surface area contributed by atoms with Crippen molar-refractivity contribution in [2.45, 2.75) is 0 Å². The highest BCUT2D eigenvalue weighted by Crippen LogP contribution is 2.23. The third-order valence-electron chi connectivity index (χ3n) is 2.12. The van der Waals surface area contributed by atoms with E-state index in [2.05, 4.69) is 5.32 Å². The van der Waals surface area contributed by atoms with Crippen molar-refractivity contribution in [3.8, 4) is 6.07 Å². The third-order valence-corrected chi connectivity index (χ3v) is 2.92. The van der Waals surface area contributed by atoms with Gasteiger partial charge in [0.2, 0.25) is 5.91 Å². The molecule has 9 heteroatoms. The zero-order valence-corrected chi connectivity index (χ0v) is 10.8. The molecule has 0 radical (unpaired) electrons.